The van der Waals surface area contributed by atoms with Crippen LogP contribution in [-0.4, -0.2) is 119 Å². The summed E-state index contributed by atoms with van der Waals surface area (Å²) in [6, 6.07) is 34.9. The molecule has 0 spiro atoms. The molecule has 0 fully saturated rings. The number of fused-ring (bicyclic) bond motifs is 14. The third-order valence-electron chi connectivity index (χ3n) is 16.9. The van der Waals surface area contributed by atoms with E-state index in [9.17, 15) is 10.2 Å². The molecule has 1 aliphatic carbocycles. The van der Waals surface area contributed by atoms with Crippen molar-refractivity contribution in [3.63, 3.8) is 0 Å². The molecular formula is C72H100N3O6+3. The van der Waals surface area contributed by atoms with E-state index in [1.54, 1.807) is 0 Å². The normalized spacial score (nSPS) is 17.6. The van der Waals surface area contributed by atoms with Gasteiger partial charge >= 0.3 is 0 Å². The molecule has 81 heavy (non-hydrogen) atoms. The van der Waals surface area contributed by atoms with Gasteiger partial charge in [-0.05, 0) is 113 Å². The fourth-order valence-electron chi connectivity index (χ4n) is 11.4. The van der Waals surface area contributed by atoms with Crippen LogP contribution in [0.15, 0.2) is 97.1 Å². The quantitative estimate of drug-likeness (QED) is 0.116. The molecule has 2 N–H and O–H groups in total. The zero-order valence-corrected chi connectivity index (χ0v) is 53.0. The van der Waals surface area contributed by atoms with Gasteiger partial charge in [-0.3, -0.25) is 0 Å². The molecule has 6 aromatic rings. The minimum atomic E-state index is -0.227. The van der Waals surface area contributed by atoms with Gasteiger partial charge in [-0.1, -0.05) is 156 Å². The van der Waals surface area contributed by atoms with Gasteiger partial charge in [0.05, 0.1) is 42.3 Å². The molecule has 0 saturated carbocycles. The summed E-state index contributed by atoms with van der Waals surface area (Å²) < 4.78 is 30.3. The molecule has 0 amide bonds. The third-order valence-corrected chi connectivity index (χ3v) is 16.9. The number of rotatable bonds is 0. The summed E-state index contributed by atoms with van der Waals surface area (Å²) in [6.07, 6.45) is 1.69. The van der Waals surface area contributed by atoms with Crippen molar-refractivity contribution < 1.29 is 42.6 Å². The number of ether oxygens (including phenoxy) is 4. The summed E-state index contributed by atoms with van der Waals surface area (Å²) in [6.45, 7) is 34.0. The van der Waals surface area contributed by atoms with E-state index in [2.05, 4.69) is 222 Å². The molecule has 9 nitrogen and oxygen atoms in total. The highest BCUT2D eigenvalue weighted by atomic mass is 16.5. The van der Waals surface area contributed by atoms with Gasteiger partial charge in [-0.2, -0.15) is 0 Å². The Hall–Kier alpha value is -6.00. The van der Waals surface area contributed by atoms with Gasteiger partial charge in [0.15, 0.2) is 0 Å². The molecule has 9 rings (SSSR count). The number of phenolic OH excluding ortho intramolecular Hbond substituents is 2. The molecule has 0 radical (unpaired) electrons. The molecule has 0 saturated heterocycles. The van der Waals surface area contributed by atoms with Crippen molar-refractivity contribution in [3.05, 3.63) is 175 Å². The lowest BCUT2D eigenvalue weighted by atomic mass is 9.79. The smallest absolute Gasteiger partial charge is 0.128 e. The summed E-state index contributed by atoms with van der Waals surface area (Å²) in [5, 5.41) is 25.8. The third kappa shape index (κ3) is 15.4. The van der Waals surface area contributed by atoms with Gasteiger partial charge < -0.3 is 42.6 Å². The van der Waals surface area contributed by atoms with E-state index in [1.165, 1.54) is 11.1 Å². The van der Waals surface area contributed by atoms with Gasteiger partial charge in [0, 0.05) is 36.8 Å². The summed E-state index contributed by atoms with van der Waals surface area (Å²) in [5.74, 6) is 3.82. The van der Waals surface area contributed by atoms with Crippen LogP contribution in [-0.2, 0) is 60.4 Å². The maximum atomic E-state index is 12.9. The molecule has 0 atom stereocenters. The van der Waals surface area contributed by atoms with Gasteiger partial charge in [0.2, 0.25) is 0 Å². The second kappa shape index (κ2) is 23.3. The van der Waals surface area contributed by atoms with Crippen LogP contribution in [0.3, 0.4) is 0 Å². The van der Waals surface area contributed by atoms with Crippen molar-refractivity contribution >= 4 is 0 Å². The molecular weight excluding hydrogens is 1000 g/mol. The lowest BCUT2D eigenvalue weighted by molar-refractivity contribution is -0.974. The molecule has 9 heteroatoms. The second-order valence-electron chi connectivity index (χ2n) is 29.9. The largest absolute Gasteiger partial charge is 0.507 e. The molecule has 6 aromatic carbocycles. The Morgan fingerprint density at radius 1 is 0.321 bits per heavy atom. The molecule has 0 unspecified atom stereocenters. The number of likely N-dealkylation sites (N-methyl/N-ethyl adjacent to an activating group) is 3. The van der Waals surface area contributed by atoms with Gasteiger partial charge in [-0.15, -0.1) is 0 Å². The number of para-hydroxylation sites is 2. The number of aromatic hydroxyl groups is 2. The predicted octanol–water partition coefficient (Wildman–Crippen LogP) is 14.1. The zero-order valence-electron chi connectivity index (χ0n) is 53.0. The van der Waals surface area contributed by atoms with Crippen LogP contribution < -0.4 is 18.9 Å². The minimum absolute atomic E-state index is 0.221. The van der Waals surface area contributed by atoms with E-state index in [4.69, 9.17) is 18.9 Å². The molecule has 2 aliphatic heterocycles. The van der Waals surface area contributed by atoms with Crippen LogP contribution >= 0.6 is 0 Å². The molecule has 10 bridgehead atoms. The SMILES string of the molecule is CC(C)(C)c1cc2c(O)c(c1)Cc1cc(C(C)(C)C)cc3c1OCCOc1ccccc1C[N+](C)(C)CC[N+](C)(C)CC[N+](C)(C)Cc1ccccc1OCCOc1c(cc(C(C)(C)C)cc1Cc1cc(C(C)(C)C)cc(c1O)C3)C2. The van der Waals surface area contributed by atoms with Crippen molar-refractivity contribution in [2.24, 2.45) is 0 Å². The van der Waals surface area contributed by atoms with Gasteiger partial charge in [0.25, 0.3) is 0 Å². The Balaban J connectivity index is 1.35. The first-order valence-electron chi connectivity index (χ1n) is 29.8. The standard InChI is InChI=1S/C72H98N3O6/c1-69(2,3)59-39-51-35-55-43-61(71(7,8)9)45-57-37-53-41-60(70(4,5)6)42-54(66(53)77)38-58-46-62(72(10,11)12)44-56(36-52(40-59)65(51)76)68(58)81-34-32-79-64-26-22-20-24-50(64)48-75(17,18)30-28-73(13,14)27-29-74(15,16)47-49-23-19-21-25-63(49)78-31-33-80-67(55)57/h19-26,39-46H,27-38,47-48H2,1-18H3/q+1/p+2. The summed E-state index contributed by atoms with van der Waals surface area (Å²) >= 11 is 0. The monoisotopic (exact) mass is 1100 g/mol. The van der Waals surface area contributed by atoms with E-state index in [0.29, 0.717) is 52.1 Å². The van der Waals surface area contributed by atoms with Gasteiger partial charge in [-0.25, -0.2) is 0 Å². The maximum Gasteiger partial charge on any atom is 0.128 e. The van der Waals surface area contributed by atoms with Crippen LogP contribution in [0.25, 0.3) is 0 Å². The van der Waals surface area contributed by atoms with Crippen molar-refractivity contribution in [2.45, 2.75) is 144 Å². The first-order chi connectivity index (χ1) is 37.6. The number of quaternary nitrogens is 3. The Labute approximate surface area is 488 Å². The highest BCUT2D eigenvalue weighted by molar-refractivity contribution is 5.59. The Morgan fingerprint density at radius 2 is 0.568 bits per heavy atom. The van der Waals surface area contributed by atoms with E-state index >= 15 is 0 Å². The van der Waals surface area contributed by atoms with E-state index in [-0.39, 0.29) is 33.2 Å². The van der Waals surface area contributed by atoms with Crippen LogP contribution in [0.2, 0.25) is 0 Å². The molecule has 0 aromatic heterocycles. The lowest BCUT2D eigenvalue weighted by Crippen LogP contribution is -2.54. The Bertz CT molecular complexity index is 2900. The lowest BCUT2D eigenvalue weighted by Gasteiger charge is -2.38. The zero-order chi connectivity index (χ0) is 59.1. The minimum Gasteiger partial charge on any atom is -0.507 e. The van der Waals surface area contributed by atoms with E-state index in [0.717, 1.165) is 142 Å². The summed E-state index contributed by atoms with van der Waals surface area (Å²) in [5.41, 5.74) is 13.3. The topological polar surface area (TPSA) is 77.4 Å². The predicted molar refractivity (Wildman–Crippen MR) is 333 cm³/mol. The fraction of sp³-hybridized carbons (Fsp3) is 0.500. The first-order valence-corrected chi connectivity index (χ1v) is 29.8. The Kier molecular flexibility index (Phi) is 17.6. The van der Waals surface area contributed by atoms with Crippen LogP contribution in [0.4, 0.5) is 0 Å². The average molecular weight is 1100 g/mol. The summed E-state index contributed by atoms with van der Waals surface area (Å²) in [4.78, 5) is 0. The van der Waals surface area contributed by atoms with E-state index in [1.807, 2.05) is 0 Å². The first kappa shape index (κ1) is 61.1. The molecule has 3 aliphatic rings. The number of hydrogen-bond donors (Lipinski definition) is 2. The molecule has 2 heterocycles. The van der Waals surface area contributed by atoms with E-state index < -0.39 is 0 Å². The number of benzene rings is 6. The number of nitrogens with zero attached hydrogens (tertiary/aromatic N) is 3. The number of phenols is 2. The van der Waals surface area contributed by atoms with Crippen LogP contribution in [0.1, 0.15) is 161 Å². The highest BCUT2D eigenvalue weighted by Gasteiger charge is 2.31. The van der Waals surface area contributed by atoms with Crippen LogP contribution in [0.5, 0.6) is 34.5 Å². The van der Waals surface area contributed by atoms with Crippen LogP contribution in [0, 0.1) is 0 Å². The fourth-order valence-corrected chi connectivity index (χ4v) is 11.4. The Morgan fingerprint density at radius 3 is 0.852 bits per heavy atom. The second-order valence-corrected chi connectivity index (χ2v) is 29.9. The highest BCUT2D eigenvalue weighted by Crippen LogP contribution is 2.44. The molecule has 436 valence electrons. The summed E-state index contributed by atoms with van der Waals surface area (Å²) in [7, 11) is 14.0. The number of hydrogen-bond acceptors (Lipinski definition) is 6. The van der Waals surface area contributed by atoms with Crippen molar-refractivity contribution in [3.8, 4) is 34.5 Å². The van der Waals surface area contributed by atoms with Gasteiger partial charge in [0.1, 0.15) is 100 Å². The van der Waals surface area contributed by atoms with Crippen molar-refractivity contribution in [1.82, 2.24) is 0 Å². The maximum absolute atomic E-state index is 12.9. The van der Waals surface area contributed by atoms with Crippen molar-refractivity contribution in [2.75, 3.05) is 94.9 Å². The van der Waals surface area contributed by atoms with Crippen molar-refractivity contribution in [1.29, 1.82) is 0 Å². The average Bonchev–Trinajstić information content (AvgIpc) is 3.53.